The molecule has 1 heterocycles. The summed E-state index contributed by atoms with van der Waals surface area (Å²) in [4.78, 5) is 67.7. The van der Waals surface area contributed by atoms with Gasteiger partial charge in [0.25, 0.3) is 0 Å². The zero-order valence-electron chi connectivity index (χ0n) is 27.5. The number of benzene rings is 1. The van der Waals surface area contributed by atoms with Gasteiger partial charge in [-0.2, -0.15) is 0 Å². The molecule has 1 aromatic rings. The average molecular weight is 615 g/mol. The Labute approximate surface area is 261 Å². The lowest BCUT2D eigenvalue weighted by atomic mass is 9.75. The topological polar surface area (TPSA) is 128 Å². The number of esters is 2. The SMILES string of the molecule is COc1ccc(C[C@H](NC(=O)C2(CC(CC(=O)N3CCC(=O)CC3)C(=O)OC(C)(C)C)CCCC2)C(=O)OC(C)(C)C)cc1. The number of amides is 2. The number of nitrogens with one attached hydrogen (secondary N) is 1. The van der Waals surface area contributed by atoms with E-state index in [0.717, 1.165) is 18.4 Å². The molecule has 10 heteroatoms. The van der Waals surface area contributed by atoms with Crippen molar-refractivity contribution >= 4 is 29.5 Å². The van der Waals surface area contributed by atoms with Crippen molar-refractivity contribution in [3.63, 3.8) is 0 Å². The first-order valence-corrected chi connectivity index (χ1v) is 15.7. The van der Waals surface area contributed by atoms with Crippen LogP contribution in [0.2, 0.25) is 0 Å². The molecule has 10 nitrogen and oxygen atoms in total. The Morgan fingerprint density at radius 3 is 1.95 bits per heavy atom. The largest absolute Gasteiger partial charge is 0.497 e. The summed E-state index contributed by atoms with van der Waals surface area (Å²) in [5.41, 5.74) is -1.67. The van der Waals surface area contributed by atoms with E-state index in [1.54, 1.807) is 65.7 Å². The van der Waals surface area contributed by atoms with Crippen LogP contribution < -0.4 is 10.1 Å². The van der Waals surface area contributed by atoms with Crippen LogP contribution in [-0.4, -0.2) is 71.9 Å². The van der Waals surface area contributed by atoms with Gasteiger partial charge in [-0.25, -0.2) is 4.79 Å². The van der Waals surface area contributed by atoms with Crippen LogP contribution in [0.25, 0.3) is 0 Å². The first kappa shape index (κ1) is 35.1. The Balaban J connectivity index is 1.86. The van der Waals surface area contributed by atoms with Gasteiger partial charge in [0.15, 0.2) is 0 Å². The Kier molecular flexibility index (Phi) is 11.6. The summed E-state index contributed by atoms with van der Waals surface area (Å²) < 4.78 is 16.7. The molecule has 1 unspecified atom stereocenters. The second-order valence-electron chi connectivity index (χ2n) is 14.2. The minimum Gasteiger partial charge on any atom is -0.497 e. The highest BCUT2D eigenvalue weighted by Crippen LogP contribution is 2.45. The zero-order chi connectivity index (χ0) is 32.7. The van der Waals surface area contributed by atoms with Crippen LogP contribution in [0.15, 0.2) is 24.3 Å². The normalized spacial score (nSPS) is 18.2. The van der Waals surface area contributed by atoms with Crippen molar-refractivity contribution in [2.24, 2.45) is 11.3 Å². The maximum atomic E-state index is 14.2. The molecule has 0 aromatic heterocycles. The number of hydrogen-bond donors (Lipinski definition) is 1. The summed E-state index contributed by atoms with van der Waals surface area (Å²) in [6.07, 6.45) is 3.43. The fourth-order valence-corrected chi connectivity index (χ4v) is 5.89. The van der Waals surface area contributed by atoms with E-state index in [2.05, 4.69) is 5.32 Å². The highest BCUT2D eigenvalue weighted by Gasteiger charge is 2.47. The van der Waals surface area contributed by atoms with Crippen LogP contribution in [0, 0.1) is 11.3 Å². The fraction of sp³-hybridized carbons (Fsp3) is 0.676. The number of likely N-dealkylation sites (tertiary alicyclic amines) is 1. The molecule has 1 aliphatic carbocycles. The quantitative estimate of drug-likeness (QED) is 0.360. The van der Waals surface area contributed by atoms with E-state index < -0.39 is 40.5 Å². The molecule has 1 saturated heterocycles. The summed E-state index contributed by atoms with van der Waals surface area (Å²) in [6.45, 7) is 11.3. The van der Waals surface area contributed by atoms with Crippen LogP contribution in [-0.2, 0) is 39.9 Å². The van der Waals surface area contributed by atoms with E-state index in [0.29, 0.717) is 44.5 Å². The summed E-state index contributed by atoms with van der Waals surface area (Å²) in [5.74, 6) is -1.70. The molecule has 2 aliphatic rings. The molecule has 44 heavy (non-hydrogen) atoms. The molecule has 1 aromatic carbocycles. The summed E-state index contributed by atoms with van der Waals surface area (Å²) in [6, 6.07) is 6.31. The Morgan fingerprint density at radius 2 is 1.43 bits per heavy atom. The van der Waals surface area contributed by atoms with Crippen molar-refractivity contribution < 1.29 is 38.2 Å². The number of hydrogen-bond acceptors (Lipinski definition) is 8. The van der Waals surface area contributed by atoms with E-state index in [-0.39, 0.29) is 36.9 Å². The number of rotatable bonds is 11. The monoisotopic (exact) mass is 614 g/mol. The van der Waals surface area contributed by atoms with E-state index in [1.807, 2.05) is 12.1 Å². The first-order valence-electron chi connectivity index (χ1n) is 15.7. The van der Waals surface area contributed by atoms with E-state index >= 15 is 0 Å². The van der Waals surface area contributed by atoms with Crippen molar-refractivity contribution in [3.8, 4) is 5.75 Å². The maximum Gasteiger partial charge on any atom is 0.329 e. The van der Waals surface area contributed by atoms with Gasteiger partial charge in [0.1, 0.15) is 28.8 Å². The van der Waals surface area contributed by atoms with Gasteiger partial charge < -0.3 is 24.4 Å². The van der Waals surface area contributed by atoms with Crippen molar-refractivity contribution in [2.45, 2.75) is 117 Å². The Morgan fingerprint density at radius 1 is 0.886 bits per heavy atom. The van der Waals surface area contributed by atoms with Crippen LogP contribution in [0.5, 0.6) is 5.75 Å². The predicted octanol–water partition coefficient (Wildman–Crippen LogP) is 4.55. The summed E-state index contributed by atoms with van der Waals surface area (Å²) in [7, 11) is 1.57. The Bertz CT molecular complexity index is 1180. The number of carbonyl (C=O) groups excluding carboxylic acids is 5. The van der Waals surface area contributed by atoms with Crippen LogP contribution in [0.4, 0.5) is 0 Å². The molecule has 0 bridgehead atoms. The second kappa shape index (κ2) is 14.6. The number of ether oxygens (including phenoxy) is 3. The van der Waals surface area contributed by atoms with Crippen molar-refractivity contribution in [1.82, 2.24) is 10.2 Å². The van der Waals surface area contributed by atoms with Gasteiger partial charge in [-0.3, -0.25) is 19.2 Å². The lowest BCUT2D eigenvalue weighted by molar-refractivity contribution is -0.165. The molecule has 3 rings (SSSR count). The zero-order valence-corrected chi connectivity index (χ0v) is 27.5. The standard InChI is InChI=1S/C34H50N2O8/c1-32(2,3)43-29(39)24(21-28(38)36-18-14-25(37)15-19-36)22-34(16-8-9-17-34)31(41)35-27(30(40)44-33(4,5)6)20-23-10-12-26(42-7)13-11-23/h10-13,24,27H,8-9,14-22H2,1-7H3,(H,35,41)/t24?,27-/m0/s1. The van der Waals surface area contributed by atoms with E-state index in [4.69, 9.17) is 14.2 Å². The smallest absolute Gasteiger partial charge is 0.329 e. The van der Waals surface area contributed by atoms with Gasteiger partial charge in [0, 0.05) is 38.8 Å². The Hall–Kier alpha value is -3.43. The lowest BCUT2D eigenvalue weighted by Gasteiger charge is -2.35. The van der Waals surface area contributed by atoms with E-state index in [1.165, 1.54) is 0 Å². The van der Waals surface area contributed by atoms with Crippen molar-refractivity contribution in [1.29, 1.82) is 0 Å². The number of methoxy groups -OCH3 is 1. The highest BCUT2D eigenvalue weighted by atomic mass is 16.6. The molecular formula is C34H50N2O8. The minimum absolute atomic E-state index is 0.112. The number of piperidine rings is 1. The second-order valence-corrected chi connectivity index (χ2v) is 14.2. The molecule has 1 N–H and O–H groups in total. The average Bonchev–Trinajstić information content (AvgIpc) is 3.41. The molecule has 2 fully saturated rings. The lowest BCUT2D eigenvalue weighted by Crippen LogP contribution is -2.51. The maximum absolute atomic E-state index is 14.2. The van der Waals surface area contributed by atoms with Gasteiger partial charge in [-0.05, 0) is 78.5 Å². The van der Waals surface area contributed by atoms with Gasteiger partial charge in [-0.15, -0.1) is 0 Å². The third-order valence-corrected chi connectivity index (χ3v) is 8.11. The minimum atomic E-state index is -0.958. The number of Topliss-reactive ketones (excluding diaryl/α,β-unsaturated/α-hetero) is 1. The van der Waals surface area contributed by atoms with Crippen molar-refractivity contribution in [2.75, 3.05) is 20.2 Å². The predicted molar refractivity (Wildman–Crippen MR) is 165 cm³/mol. The van der Waals surface area contributed by atoms with Crippen LogP contribution >= 0.6 is 0 Å². The van der Waals surface area contributed by atoms with Gasteiger partial charge >= 0.3 is 11.9 Å². The van der Waals surface area contributed by atoms with Crippen molar-refractivity contribution in [3.05, 3.63) is 29.8 Å². The van der Waals surface area contributed by atoms with Crippen LogP contribution in [0.1, 0.15) is 98.5 Å². The van der Waals surface area contributed by atoms with Gasteiger partial charge in [-0.1, -0.05) is 25.0 Å². The molecule has 0 radical (unpaired) electrons. The molecule has 1 saturated carbocycles. The number of nitrogens with zero attached hydrogens (tertiary/aromatic N) is 1. The third-order valence-electron chi connectivity index (χ3n) is 8.11. The fourth-order valence-electron chi connectivity index (χ4n) is 5.89. The molecule has 0 spiro atoms. The molecule has 2 atom stereocenters. The molecule has 2 amide bonds. The summed E-state index contributed by atoms with van der Waals surface area (Å²) >= 11 is 0. The van der Waals surface area contributed by atoms with Gasteiger partial charge in [0.2, 0.25) is 11.8 Å². The third kappa shape index (κ3) is 10.3. The van der Waals surface area contributed by atoms with Gasteiger partial charge in [0.05, 0.1) is 18.4 Å². The first-order chi connectivity index (χ1) is 20.5. The van der Waals surface area contributed by atoms with Crippen LogP contribution in [0.3, 0.4) is 0 Å². The highest BCUT2D eigenvalue weighted by molar-refractivity contribution is 5.90. The van der Waals surface area contributed by atoms with E-state index in [9.17, 15) is 24.0 Å². The number of ketones is 1. The summed E-state index contributed by atoms with van der Waals surface area (Å²) in [5, 5.41) is 2.98. The number of carbonyl (C=O) groups is 5. The molecule has 1 aliphatic heterocycles. The molecule has 244 valence electrons. The molecular weight excluding hydrogens is 564 g/mol.